The molecule has 0 saturated carbocycles. The molecule has 2 N–H and O–H groups in total. The molecule has 1 aliphatic rings. The molecule has 0 aromatic carbocycles. The minimum Gasteiger partial charge on any atom is -0.370 e. The molecule has 1 unspecified atom stereocenters. The van der Waals surface area contributed by atoms with Gasteiger partial charge in [0.2, 0.25) is 0 Å². The van der Waals surface area contributed by atoms with Crippen molar-refractivity contribution in [1.82, 2.24) is 4.40 Å². The van der Waals surface area contributed by atoms with Gasteiger partial charge in [0.05, 0.1) is 5.52 Å². The summed E-state index contributed by atoms with van der Waals surface area (Å²) in [6.07, 6.45) is 2.86. The molecule has 4 nitrogen and oxygen atoms in total. The van der Waals surface area contributed by atoms with E-state index in [1.165, 1.54) is 0 Å². The minimum absolute atomic E-state index is 0.00664. The highest BCUT2D eigenvalue weighted by molar-refractivity contribution is 5.60. The molecule has 0 amide bonds. The molecule has 3 heterocycles. The van der Waals surface area contributed by atoms with E-state index in [0.717, 1.165) is 30.7 Å². The van der Waals surface area contributed by atoms with Gasteiger partial charge in [-0.25, -0.2) is 0 Å². The monoisotopic (exact) mass is 229 g/mol. The van der Waals surface area contributed by atoms with Gasteiger partial charge in [0.25, 0.3) is 5.56 Å². The van der Waals surface area contributed by atoms with Gasteiger partial charge >= 0.3 is 0 Å². The Morgan fingerprint density at radius 3 is 2.94 bits per heavy atom. The minimum atomic E-state index is 0.00664. The molecule has 4 heteroatoms. The van der Waals surface area contributed by atoms with Crippen LogP contribution in [0.1, 0.15) is 6.42 Å². The van der Waals surface area contributed by atoms with E-state index in [0.29, 0.717) is 0 Å². The molecule has 17 heavy (non-hydrogen) atoms. The Labute approximate surface area is 99.3 Å². The molecule has 0 radical (unpaired) electrons. The molecule has 0 aliphatic carbocycles. The molecular formula is C13H15N3O. The van der Waals surface area contributed by atoms with E-state index in [2.05, 4.69) is 4.90 Å². The third kappa shape index (κ3) is 1.80. The number of hydrogen-bond acceptors (Lipinski definition) is 3. The Hall–Kier alpha value is -1.81. The van der Waals surface area contributed by atoms with Gasteiger partial charge in [0.15, 0.2) is 0 Å². The second-order valence-electron chi connectivity index (χ2n) is 4.54. The predicted octanol–water partition coefficient (Wildman–Crippen LogP) is 0.837. The third-order valence-electron chi connectivity index (χ3n) is 3.30. The van der Waals surface area contributed by atoms with Gasteiger partial charge in [0, 0.05) is 37.1 Å². The van der Waals surface area contributed by atoms with Crippen LogP contribution in [0, 0.1) is 0 Å². The molecule has 1 saturated heterocycles. The lowest BCUT2D eigenvalue weighted by Crippen LogP contribution is -2.26. The number of hydrogen-bond donors (Lipinski definition) is 1. The molecule has 2 aromatic rings. The number of fused-ring (bicyclic) bond motifs is 1. The number of anilines is 1. The zero-order valence-electron chi connectivity index (χ0n) is 9.54. The van der Waals surface area contributed by atoms with Gasteiger partial charge in [-0.05, 0) is 24.6 Å². The molecule has 1 fully saturated rings. The van der Waals surface area contributed by atoms with E-state index in [-0.39, 0.29) is 11.6 Å². The molecule has 1 atom stereocenters. The van der Waals surface area contributed by atoms with E-state index < -0.39 is 0 Å². The topological polar surface area (TPSA) is 50.7 Å². The fourth-order valence-electron chi connectivity index (χ4n) is 2.36. The molecule has 3 rings (SSSR count). The van der Waals surface area contributed by atoms with Crippen molar-refractivity contribution in [3.8, 4) is 0 Å². The number of nitrogens with zero attached hydrogens (tertiary/aromatic N) is 2. The average molecular weight is 229 g/mol. The van der Waals surface area contributed by atoms with Crippen LogP contribution in [0.25, 0.3) is 5.52 Å². The summed E-state index contributed by atoms with van der Waals surface area (Å²) in [5.74, 6) is 0. The lowest BCUT2D eigenvalue weighted by Gasteiger charge is -2.18. The van der Waals surface area contributed by atoms with Crippen LogP contribution in [0.15, 0.2) is 41.3 Å². The second kappa shape index (κ2) is 3.89. The summed E-state index contributed by atoms with van der Waals surface area (Å²) in [5.41, 5.74) is 7.98. The Morgan fingerprint density at radius 1 is 1.29 bits per heavy atom. The van der Waals surface area contributed by atoms with Crippen molar-refractivity contribution in [3.05, 3.63) is 46.9 Å². The normalized spacial score (nSPS) is 20.1. The fraction of sp³-hybridized carbons (Fsp3) is 0.308. The van der Waals surface area contributed by atoms with Crippen LogP contribution < -0.4 is 16.2 Å². The van der Waals surface area contributed by atoms with Gasteiger partial charge in [-0.15, -0.1) is 0 Å². The first kappa shape index (κ1) is 10.4. The van der Waals surface area contributed by atoms with E-state index in [9.17, 15) is 4.79 Å². The molecular weight excluding hydrogens is 214 g/mol. The summed E-state index contributed by atoms with van der Waals surface area (Å²) in [6, 6.07) is 9.59. The van der Waals surface area contributed by atoms with Gasteiger partial charge in [-0.2, -0.15) is 0 Å². The summed E-state index contributed by atoms with van der Waals surface area (Å²) in [5, 5.41) is 0. The summed E-state index contributed by atoms with van der Waals surface area (Å²) < 4.78 is 1.65. The Morgan fingerprint density at radius 2 is 2.18 bits per heavy atom. The zero-order chi connectivity index (χ0) is 11.8. The van der Waals surface area contributed by atoms with Crippen molar-refractivity contribution < 1.29 is 0 Å². The lowest BCUT2D eigenvalue weighted by atomic mass is 10.3. The smallest absolute Gasteiger partial charge is 0.255 e. The van der Waals surface area contributed by atoms with Crippen LogP contribution in [0.4, 0.5) is 5.69 Å². The molecule has 0 bridgehead atoms. The van der Waals surface area contributed by atoms with Gasteiger partial charge in [0.1, 0.15) is 0 Å². The predicted molar refractivity (Wildman–Crippen MR) is 68.5 cm³/mol. The van der Waals surface area contributed by atoms with Crippen LogP contribution >= 0.6 is 0 Å². The summed E-state index contributed by atoms with van der Waals surface area (Å²) in [7, 11) is 0. The SMILES string of the molecule is NC1CCN(c2ccn3c(=O)cccc3c2)C1. The first-order chi connectivity index (χ1) is 8.24. The van der Waals surface area contributed by atoms with Crippen molar-refractivity contribution in [1.29, 1.82) is 0 Å². The number of rotatable bonds is 1. The largest absolute Gasteiger partial charge is 0.370 e. The van der Waals surface area contributed by atoms with Crippen LogP contribution in [0.2, 0.25) is 0 Å². The highest BCUT2D eigenvalue weighted by Crippen LogP contribution is 2.20. The quantitative estimate of drug-likeness (QED) is 0.788. The van der Waals surface area contributed by atoms with E-state index in [1.807, 2.05) is 24.4 Å². The maximum Gasteiger partial charge on any atom is 0.255 e. The van der Waals surface area contributed by atoms with Gasteiger partial charge in [-0.3, -0.25) is 9.20 Å². The number of aromatic nitrogens is 1. The van der Waals surface area contributed by atoms with Crippen LogP contribution in [0.5, 0.6) is 0 Å². The van der Waals surface area contributed by atoms with Crippen LogP contribution in [0.3, 0.4) is 0 Å². The molecule has 2 aromatic heterocycles. The Bertz CT molecular complexity index is 605. The van der Waals surface area contributed by atoms with Crippen molar-refractivity contribution in [2.45, 2.75) is 12.5 Å². The maximum atomic E-state index is 11.6. The Kier molecular flexibility index (Phi) is 2.37. The summed E-state index contributed by atoms with van der Waals surface area (Å²) in [4.78, 5) is 13.9. The molecule has 88 valence electrons. The van der Waals surface area contributed by atoms with Crippen molar-refractivity contribution >= 4 is 11.2 Å². The summed E-state index contributed by atoms with van der Waals surface area (Å²) in [6.45, 7) is 1.89. The third-order valence-corrected chi connectivity index (χ3v) is 3.30. The van der Waals surface area contributed by atoms with E-state index in [1.54, 1.807) is 16.5 Å². The van der Waals surface area contributed by atoms with Crippen molar-refractivity contribution in [2.24, 2.45) is 5.73 Å². The highest BCUT2D eigenvalue weighted by Gasteiger charge is 2.19. The molecule has 1 aliphatic heterocycles. The second-order valence-corrected chi connectivity index (χ2v) is 4.54. The highest BCUT2D eigenvalue weighted by atomic mass is 16.1. The number of pyridine rings is 2. The van der Waals surface area contributed by atoms with Crippen molar-refractivity contribution in [2.75, 3.05) is 18.0 Å². The lowest BCUT2D eigenvalue weighted by molar-refractivity contribution is 0.752. The fourth-order valence-corrected chi connectivity index (χ4v) is 2.36. The zero-order valence-corrected chi connectivity index (χ0v) is 9.54. The Balaban J connectivity index is 2.05. The standard InChI is InChI=1S/C13H15N3O/c14-10-4-6-15(9-10)11-5-7-16-12(8-11)2-1-3-13(16)17/h1-3,5,7-8,10H,4,6,9,14H2. The van der Waals surface area contributed by atoms with E-state index in [4.69, 9.17) is 5.73 Å². The molecule has 0 spiro atoms. The maximum absolute atomic E-state index is 11.6. The van der Waals surface area contributed by atoms with Crippen LogP contribution in [-0.4, -0.2) is 23.5 Å². The first-order valence-corrected chi connectivity index (χ1v) is 5.86. The first-order valence-electron chi connectivity index (χ1n) is 5.86. The summed E-state index contributed by atoms with van der Waals surface area (Å²) >= 11 is 0. The van der Waals surface area contributed by atoms with E-state index >= 15 is 0 Å². The van der Waals surface area contributed by atoms with Crippen LogP contribution in [-0.2, 0) is 0 Å². The average Bonchev–Trinajstić information content (AvgIpc) is 2.76. The van der Waals surface area contributed by atoms with Gasteiger partial charge < -0.3 is 10.6 Å². The van der Waals surface area contributed by atoms with Gasteiger partial charge in [-0.1, -0.05) is 6.07 Å². The van der Waals surface area contributed by atoms with Crippen molar-refractivity contribution in [3.63, 3.8) is 0 Å². The number of nitrogens with two attached hydrogens (primary N) is 1.